The molecular weight excluding hydrogens is 282 g/mol. The topological polar surface area (TPSA) is 89.4 Å². The highest BCUT2D eigenvalue weighted by Gasteiger charge is 2.36. The van der Waals surface area contributed by atoms with Gasteiger partial charge in [-0.1, -0.05) is 0 Å². The lowest BCUT2D eigenvalue weighted by molar-refractivity contribution is -0.0428. The molecule has 1 saturated heterocycles. The van der Waals surface area contributed by atoms with Crippen LogP contribution in [0.5, 0.6) is 0 Å². The highest BCUT2D eigenvalue weighted by Crippen LogP contribution is 2.32. The van der Waals surface area contributed by atoms with Gasteiger partial charge < -0.3 is 25.0 Å². The van der Waals surface area contributed by atoms with Crippen molar-refractivity contribution in [1.82, 2.24) is 19.4 Å². The number of hydrogen-bond acceptors (Lipinski definition) is 6. The molecule has 3 rings (SSSR count). The molecule has 3 atom stereocenters. The third-order valence-electron chi connectivity index (χ3n) is 4.35. The van der Waals surface area contributed by atoms with Crippen molar-refractivity contribution in [3.05, 3.63) is 18.6 Å². The van der Waals surface area contributed by atoms with Gasteiger partial charge in [0.1, 0.15) is 23.9 Å². The first kappa shape index (κ1) is 15.2. The summed E-state index contributed by atoms with van der Waals surface area (Å²) < 4.78 is 7.90. The molecule has 0 saturated carbocycles. The van der Waals surface area contributed by atoms with Gasteiger partial charge in [0.2, 0.25) is 0 Å². The zero-order valence-electron chi connectivity index (χ0n) is 13.2. The number of ether oxygens (including phenoxy) is 1. The summed E-state index contributed by atoms with van der Waals surface area (Å²) in [5, 5.41) is 11.2. The third-order valence-corrected chi connectivity index (χ3v) is 4.35. The molecule has 22 heavy (non-hydrogen) atoms. The fraction of sp³-hybridized carbons (Fsp3) is 0.600. The summed E-state index contributed by atoms with van der Waals surface area (Å²) in [4.78, 5) is 10.5. The molecule has 0 radical (unpaired) electrons. The Balaban J connectivity index is 1.81. The number of anilines is 1. The van der Waals surface area contributed by atoms with Crippen LogP contribution in [0.1, 0.15) is 26.5 Å². The number of hydrogen-bond donors (Lipinski definition) is 2. The van der Waals surface area contributed by atoms with Gasteiger partial charge in [-0.3, -0.25) is 0 Å². The van der Waals surface area contributed by atoms with E-state index in [9.17, 15) is 5.11 Å². The van der Waals surface area contributed by atoms with Gasteiger partial charge in [-0.05, 0) is 27.0 Å². The van der Waals surface area contributed by atoms with Gasteiger partial charge in [0.25, 0.3) is 0 Å². The van der Waals surface area contributed by atoms with Gasteiger partial charge >= 0.3 is 0 Å². The first-order valence-corrected chi connectivity index (χ1v) is 7.58. The average Bonchev–Trinajstić information content (AvgIpc) is 3.03. The lowest BCUT2D eigenvalue weighted by Gasteiger charge is -2.24. The molecular formula is C15H23N5O2. The first-order chi connectivity index (χ1) is 10.5. The van der Waals surface area contributed by atoms with Crippen LogP contribution in [0.2, 0.25) is 0 Å². The number of likely N-dealkylation sites (N-methyl/N-ethyl adjacent to an activating group) is 1. The predicted molar refractivity (Wildman–Crippen MR) is 84.2 cm³/mol. The number of fused-ring (bicyclic) bond motifs is 1. The predicted octanol–water partition coefficient (Wildman–Crippen LogP) is 1.00. The van der Waals surface area contributed by atoms with E-state index >= 15 is 0 Å². The second-order valence-corrected chi connectivity index (χ2v) is 6.20. The van der Waals surface area contributed by atoms with Gasteiger partial charge in [-0.15, -0.1) is 0 Å². The van der Waals surface area contributed by atoms with E-state index in [0.29, 0.717) is 23.9 Å². The van der Waals surface area contributed by atoms with Crippen molar-refractivity contribution in [2.45, 2.75) is 44.7 Å². The highest BCUT2D eigenvalue weighted by atomic mass is 16.5. The summed E-state index contributed by atoms with van der Waals surface area (Å²) >= 11 is 0. The molecule has 7 nitrogen and oxygen atoms in total. The van der Waals surface area contributed by atoms with Crippen molar-refractivity contribution >= 4 is 16.9 Å². The summed E-state index contributed by atoms with van der Waals surface area (Å²) in [7, 11) is 2.06. The van der Waals surface area contributed by atoms with Crippen LogP contribution in [-0.2, 0) is 4.74 Å². The number of nitrogens with two attached hydrogens (primary N) is 1. The number of aromatic nitrogens is 3. The van der Waals surface area contributed by atoms with Crippen LogP contribution in [-0.4, -0.2) is 56.4 Å². The van der Waals surface area contributed by atoms with E-state index in [4.69, 9.17) is 10.5 Å². The molecule has 0 unspecified atom stereocenters. The number of nitrogen functional groups attached to an aromatic ring is 1. The summed E-state index contributed by atoms with van der Waals surface area (Å²) in [6, 6.07) is 2.30. The lowest BCUT2D eigenvalue weighted by atomic mass is 10.1. The van der Waals surface area contributed by atoms with Gasteiger partial charge in [-0.2, -0.15) is 0 Å². The summed E-state index contributed by atoms with van der Waals surface area (Å²) in [6.07, 6.45) is 2.90. The van der Waals surface area contributed by atoms with Crippen LogP contribution < -0.4 is 5.73 Å². The maximum atomic E-state index is 10.4. The summed E-state index contributed by atoms with van der Waals surface area (Å²) in [5.74, 6) is 0.437. The quantitative estimate of drug-likeness (QED) is 0.876. The van der Waals surface area contributed by atoms with Gasteiger partial charge in [-0.25, -0.2) is 9.97 Å². The van der Waals surface area contributed by atoms with Crippen molar-refractivity contribution in [2.75, 3.05) is 19.3 Å². The maximum absolute atomic E-state index is 10.4. The number of rotatable bonds is 4. The molecule has 3 N–H and O–H groups in total. The molecule has 1 aliphatic heterocycles. The second-order valence-electron chi connectivity index (χ2n) is 6.20. The molecule has 7 heteroatoms. The summed E-state index contributed by atoms with van der Waals surface area (Å²) in [5.41, 5.74) is 6.54. The van der Waals surface area contributed by atoms with Crippen LogP contribution in [0.25, 0.3) is 11.0 Å². The van der Waals surface area contributed by atoms with Crippen molar-refractivity contribution in [3.8, 4) is 0 Å². The van der Waals surface area contributed by atoms with Crippen molar-refractivity contribution in [2.24, 2.45) is 0 Å². The Hall–Kier alpha value is -1.70. The zero-order valence-corrected chi connectivity index (χ0v) is 13.2. The Kier molecular flexibility index (Phi) is 4.03. The van der Waals surface area contributed by atoms with Crippen LogP contribution in [0, 0.1) is 0 Å². The normalized spacial score (nSPS) is 25.6. The van der Waals surface area contributed by atoms with Crippen LogP contribution >= 0.6 is 0 Å². The molecule has 0 aliphatic carbocycles. The molecule has 3 heterocycles. The molecule has 0 amide bonds. The maximum Gasteiger partial charge on any atom is 0.161 e. The van der Waals surface area contributed by atoms with E-state index in [2.05, 4.69) is 35.8 Å². The Labute approximate surface area is 129 Å². The van der Waals surface area contributed by atoms with Crippen molar-refractivity contribution in [1.29, 1.82) is 0 Å². The standard InChI is InChI=1S/C15H23N5O2/c1-9(2)19(3)7-10-6-12(21)15(22-10)20-5-4-11-13(16)17-8-18-14(11)20/h4-5,8-10,12,15,21H,6-7H2,1-3H3,(H2,16,17,18)/t10-,12+,15+/m0/s1. The molecule has 1 fully saturated rings. The van der Waals surface area contributed by atoms with Gasteiger partial charge in [0, 0.05) is 25.2 Å². The smallest absolute Gasteiger partial charge is 0.161 e. The van der Waals surface area contributed by atoms with E-state index in [1.54, 1.807) is 0 Å². The van der Waals surface area contributed by atoms with Gasteiger partial charge in [0.15, 0.2) is 6.23 Å². The SMILES string of the molecule is CC(C)N(C)C[C@@H]1C[C@@H](O)[C@H](n2ccc3c(N)ncnc32)O1. The second kappa shape index (κ2) is 5.83. The molecule has 2 aromatic heterocycles. The third kappa shape index (κ3) is 2.67. The monoisotopic (exact) mass is 305 g/mol. The fourth-order valence-electron chi connectivity index (χ4n) is 2.83. The minimum atomic E-state index is -0.558. The van der Waals surface area contributed by atoms with E-state index in [-0.39, 0.29) is 6.10 Å². The molecule has 0 aromatic carbocycles. The Morgan fingerprint density at radius 2 is 2.27 bits per heavy atom. The Bertz CT molecular complexity index is 656. The fourth-order valence-corrected chi connectivity index (χ4v) is 2.83. The number of aliphatic hydroxyl groups is 1. The van der Waals surface area contributed by atoms with E-state index in [0.717, 1.165) is 11.9 Å². The van der Waals surface area contributed by atoms with Crippen LogP contribution in [0.4, 0.5) is 5.82 Å². The molecule has 2 aromatic rings. The molecule has 120 valence electrons. The molecule has 0 spiro atoms. The minimum Gasteiger partial charge on any atom is -0.388 e. The van der Waals surface area contributed by atoms with Crippen molar-refractivity contribution in [3.63, 3.8) is 0 Å². The van der Waals surface area contributed by atoms with Crippen LogP contribution in [0.3, 0.4) is 0 Å². The summed E-state index contributed by atoms with van der Waals surface area (Å²) in [6.45, 7) is 5.07. The van der Waals surface area contributed by atoms with Gasteiger partial charge in [0.05, 0.1) is 11.5 Å². The van der Waals surface area contributed by atoms with E-state index in [1.165, 1.54) is 6.33 Å². The number of nitrogens with zero attached hydrogens (tertiary/aromatic N) is 4. The largest absolute Gasteiger partial charge is 0.388 e. The van der Waals surface area contributed by atoms with Crippen molar-refractivity contribution < 1.29 is 9.84 Å². The number of aliphatic hydroxyl groups excluding tert-OH is 1. The first-order valence-electron chi connectivity index (χ1n) is 7.58. The lowest BCUT2D eigenvalue weighted by Crippen LogP contribution is -2.34. The van der Waals surface area contributed by atoms with Crippen LogP contribution in [0.15, 0.2) is 18.6 Å². The average molecular weight is 305 g/mol. The Morgan fingerprint density at radius 1 is 1.50 bits per heavy atom. The minimum absolute atomic E-state index is 0.00374. The Morgan fingerprint density at radius 3 is 3.00 bits per heavy atom. The zero-order chi connectivity index (χ0) is 15.9. The molecule has 0 bridgehead atoms. The van der Waals surface area contributed by atoms with E-state index in [1.807, 2.05) is 16.8 Å². The highest BCUT2D eigenvalue weighted by molar-refractivity contribution is 5.86. The van der Waals surface area contributed by atoms with E-state index < -0.39 is 12.3 Å². The molecule has 1 aliphatic rings.